The lowest BCUT2D eigenvalue weighted by molar-refractivity contribution is -0.134. The Morgan fingerprint density at radius 2 is 1.46 bits per heavy atom. The average Bonchev–Trinajstić information content (AvgIpc) is 3.01. The molecule has 0 bridgehead atoms. The number of rotatable bonds is 3. The lowest BCUT2D eigenvalue weighted by Crippen LogP contribution is -2.00. The molecule has 0 aliphatic heterocycles. The van der Waals surface area contributed by atoms with E-state index in [1.54, 1.807) is 23.9 Å². The van der Waals surface area contributed by atoms with E-state index >= 15 is 0 Å². The maximum absolute atomic E-state index is 13.1. The van der Waals surface area contributed by atoms with Gasteiger partial charge in [0.2, 0.25) is 0 Å². The molecule has 24 heavy (non-hydrogen) atoms. The second kappa shape index (κ2) is 6.61. The highest BCUT2D eigenvalue weighted by molar-refractivity contribution is 7.98. The van der Waals surface area contributed by atoms with Gasteiger partial charge in [-0.3, -0.25) is 0 Å². The van der Waals surface area contributed by atoms with Gasteiger partial charge in [0.05, 0.1) is 0 Å². The molecule has 0 spiro atoms. The number of hydrogen-bond acceptors (Lipinski definition) is 2. The Hall–Kier alpha value is -1.79. The van der Waals surface area contributed by atoms with Crippen molar-refractivity contribution >= 4 is 23.1 Å². The van der Waals surface area contributed by atoms with Crippen molar-refractivity contribution in [2.75, 3.05) is 6.26 Å². The van der Waals surface area contributed by atoms with E-state index in [2.05, 4.69) is 0 Å². The van der Waals surface area contributed by atoms with Gasteiger partial charge in [-0.1, -0.05) is 24.3 Å². The van der Waals surface area contributed by atoms with E-state index in [-0.39, 0.29) is 0 Å². The summed E-state index contributed by atoms with van der Waals surface area (Å²) in [4.78, 5) is 0.860. The van der Waals surface area contributed by atoms with Crippen LogP contribution in [0.3, 0.4) is 0 Å². The van der Waals surface area contributed by atoms with Gasteiger partial charge in [0, 0.05) is 15.3 Å². The van der Waals surface area contributed by atoms with E-state index in [0.29, 0.717) is 32.9 Å². The number of thiophene rings is 1. The Morgan fingerprint density at radius 1 is 0.875 bits per heavy atom. The molecule has 1 aromatic heterocycles. The van der Waals surface area contributed by atoms with Crippen LogP contribution in [0.1, 0.15) is 4.88 Å². The van der Waals surface area contributed by atoms with E-state index in [1.807, 2.05) is 18.4 Å². The molecule has 3 aromatic rings. The summed E-state index contributed by atoms with van der Waals surface area (Å²) in [6, 6.07) is 14.0. The molecule has 0 aliphatic carbocycles. The van der Waals surface area contributed by atoms with Gasteiger partial charge in [0.15, 0.2) is 0 Å². The normalized spacial score (nSPS) is 11.7. The average molecular weight is 368 g/mol. The third-order valence-corrected chi connectivity index (χ3v) is 5.49. The van der Waals surface area contributed by atoms with Crippen LogP contribution in [0.5, 0.6) is 0 Å². The van der Waals surface area contributed by atoms with Crippen molar-refractivity contribution in [3.63, 3.8) is 0 Å². The van der Waals surface area contributed by atoms with Crippen molar-refractivity contribution < 1.29 is 17.6 Å². The highest BCUT2D eigenvalue weighted by Gasteiger charge is 2.34. The largest absolute Gasteiger partial charge is 0.425 e. The smallest absolute Gasteiger partial charge is 0.207 e. The number of hydrogen-bond donors (Lipinski definition) is 0. The fourth-order valence-corrected chi connectivity index (χ4v) is 3.79. The van der Waals surface area contributed by atoms with Crippen molar-refractivity contribution in [1.82, 2.24) is 0 Å². The third kappa shape index (κ3) is 3.49. The third-order valence-electron chi connectivity index (χ3n) is 3.52. The molecule has 6 heteroatoms. The lowest BCUT2D eigenvalue weighted by Gasteiger charge is -2.05. The van der Waals surface area contributed by atoms with Crippen LogP contribution in [-0.4, -0.2) is 6.26 Å². The van der Waals surface area contributed by atoms with Crippen molar-refractivity contribution in [3.05, 3.63) is 65.3 Å². The maximum Gasteiger partial charge on any atom is 0.425 e. The predicted octanol–water partition coefficient (Wildman–Crippen LogP) is 6.96. The molecular weight excluding hydrogens is 356 g/mol. The van der Waals surface area contributed by atoms with Gasteiger partial charge in [-0.15, -0.1) is 23.1 Å². The molecule has 0 unspecified atom stereocenters. The Morgan fingerprint density at radius 3 is 2.00 bits per heavy atom. The molecule has 1 heterocycles. The molecule has 0 radical (unpaired) electrons. The highest BCUT2D eigenvalue weighted by Crippen LogP contribution is 2.45. The Labute approximate surface area is 145 Å². The van der Waals surface area contributed by atoms with Gasteiger partial charge < -0.3 is 0 Å². The zero-order valence-electron chi connectivity index (χ0n) is 12.5. The summed E-state index contributed by atoms with van der Waals surface area (Å²) in [5.74, 6) is -0.419. The van der Waals surface area contributed by atoms with Crippen LogP contribution in [0.25, 0.3) is 21.6 Å². The Balaban J connectivity index is 2.15. The van der Waals surface area contributed by atoms with Crippen LogP contribution < -0.4 is 0 Å². The molecule has 0 atom stereocenters. The SMILES string of the molecule is CSc1ccc(-c2cc(C(F)(F)F)sc2-c2ccc(F)cc2)cc1. The Kier molecular flexibility index (Phi) is 4.69. The summed E-state index contributed by atoms with van der Waals surface area (Å²) in [5.41, 5.74) is 1.78. The number of halogens is 4. The summed E-state index contributed by atoms with van der Waals surface area (Å²) < 4.78 is 52.6. The number of alkyl halides is 3. The van der Waals surface area contributed by atoms with Crippen LogP contribution in [0.4, 0.5) is 17.6 Å². The van der Waals surface area contributed by atoms with E-state index in [9.17, 15) is 17.6 Å². The molecule has 0 saturated carbocycles. The van der Waals surface area contributed by atoms with Gasteiger partial charge in [-0.2, -0.15) is 13.2 Å². The highest BCUT2D eigenvalue weighted by atomic mass is 32.2. The first-order chi connectivity index (χ1) is 11.4. The minimum Gasteiger partial charge on any atom is -0.207 e. The zero-order chi connectivity index (χ0) is 17.3. The monoisotopic (exact) mass is 368 g/mol. The number of thioether (sulfide) groups is 1. The summed E-state index contributed by atoms with van der Waals surface area (Å²) in [7, 11) is 0. The quantitative estimate of drug-likeness (QED) is 0.356. The maximum atomic E-state index is 13.1. The molecular formula is C18H12F4S2. The van der Waals surface area contributed by atoms with Gasteiger partial charge in [0.1, 0.15) is 10.7 Å². The topological polar surface area (TPSA) is 0 Å². The first kappa shape index (κ1) is 17.0. The summed E-state index contributed by atoms with van der Waals surface area (Å²) in [5, 5.41) is 0. The van der Waals surface area contributed by atoms with Crippen molar-refractivity contribution in [2.24, 2.45) is 0 Å². The molecule has 3 rings (SSSR count). The zero-order valence-corrected chi connectivity index (χ0v) is 14.2. The minimum absolute atomic E-state index is 0.419. The fourth-order valence-electron chi connectivity index (χ4n) is 2.33. The van der Waals surface area contributed by atoms with Crippen LogP contribution in [0.15, 0.2) is 59.5 Å². The molecule has 0 fully saturated rings. The van der Waals surface area contributed by atoms with Gasteiger partial charge in [-0.25, -0.2) is 4.39 Å². The lowest BCUT2D eigenvalue weighted by atomic mass is 10.0. The summed E-state index contributed by atoms with van der Waals surface area (Å²) >= 11 is 2.24. The van der Waals surface area contributed by atoms with E-state index in [0.717, 1.165) is 11.0 Å². The number of benzene rings is 2. The van der Waals surface area contributed by atoms with Crippen LogP contribution >= 0.6 is 23.1 Å². The van der Waals surface area contributed by atoms with E-state index in [1.165, 1.54) is 24.3 Å². The van der Waals surface area contributed by atoms with E-state index < -0.39 is 16.9 Å². The second-order valence-corrected chi connectivity index (χ2v) is 7.02. The molecule has 0 aliphatic rings. The van der Waals surface area contributed by atoms with Crippen molar-refractivity contribution in [1.29, 1.82) is 0 Å². The van der Waals surface area contributed by atoms with Gasteiger partial charge in [-0.05, 0) is 47.7 Å². The first-order valence-electron chi connectivity index (χ1n) is 7.00. The predicted molar refractivity (Wildman–Crippen MR) is 91.9 cm³/mol. The second-order valence-electron chi connectivity index (χ2n) is 5.09. The van der Waals surface area contributed by atoms with Crippen LogP contribution in [0.2, 0.25) is 0 Å². The Bertz CT molecular complexity index is 831. The summed E-state index contributed by atoms with van der Waals surface area (Å²) in [6.07, 6.45) is -2.47. The van der Waals surface area contributed by atoms with E-state index in [4.69, 9.17) is 0 Å². The molecule has 2 aromatic carbocycles. The van der Waals surface area contributed by atoms with Crippen LogP contribution in [0, 0.1) is 5.82 Å². The molecule has 0 saturated heterocycles. The summed E-state index contributed by atoms with van der Waals surface area (Å²) in [6.45, 7) is 0. The van der Waals surface area contributed by atoms with Crippen molar-refractivity contribution in [3.8, 4) is 21.6 Å². The fraction of sp³-hybridized carbons (Fsp3) is 0.111. The van der Waals surface area contributed by atoms with Crippen LogP contribution in [-0.2, 0) is 6.18 Å². The van der Waals surface area contributed by atoms with Gasteiger partial charge >= 0.3 is 6.18 Å². The molecule has 0 nitrogen and oxygen atoms in total. The van der Waals surface area contributed by atoms with Crippen molar-refractivity contribution in [2.45, 2.75) is 11.1 Å². The standard InChI is InChI=1S/C18H12F4S2/c1-23-14-8-4-11(5-9-14)15-10-16(18(20,21)22)24-17(15)12-2-6-13(19)7-3-12/h2-10H,1H3. The minimum atomic E-state index is -4.41. The molecule has 0 N–H and O–H groups in total. The van der Waals surface area contributed by atoms with Gasteiger partial charge in [0.25, 0.3) is 0 Å². The molecule has 0 amide bonds. The molecule has 124 valence electrons. The first-order valence-corrected chi connectivity index (χ1v) is 9.04.